The predicted octanol–water partition coefficient (Wildman–Crippen LogP) is 2.22. The molecule has 0 unspecified atom stereocenters. The highest BCUT2D eigenvalue weighted by Gasteiger charge is 2.19. The van der Waals surface area contributed by atoms with Crippen LogP contribution in [-0.2, 0) is 16.4 Å². The van der Waals surface area contributed by atoms with Crippen molar-refractivity contribution in [1.29, 1.82) is 0 Å². The quantitative estimate of drug-likeness (QED) is 0.706. The van der Waals surface area contributed by atoms with E-state index in [0.29, 0.717) is 21.0 Å². The maximum Gasteiger partial charge on any atom is 0.263 e. The fourth-order valence-corrected chi connectivity index (χ4v) is 4.27. The van der Waals surface area contributed by atoms with Gasteiger partial charge in [0.2, 0.25) is 0 Å². The van der Waals surface area contributed by atoms with Crippen molar-refractivity contribution in [2.75, 3.05) is 12.0 Å². The zero-order valence-corrected chi connectivity index (χ0v) is 16.2. The largest absolute Gasteiger partial charge is 0.397 e. The average Bonchev–Trinajstić information content (AvgIpc) is 2.93. The molecule has 0 atom stereocenters. The molecule has 1 aromatic carbocycles. The molecule has 3 rings (SSSR count). The van der Waals surface area contributed by atoms with E-state index in [1.807, 2.05) is 13.8 Å². The number of hydrogen-bond donors (Lipinski definition) is 2. The fraction of sp³-hybridized carbons (Fsp3) is 0.235. The molecular weight excluding hydrogens is 372 g/mol. The molecule has 3 N–H and O–H groups in total. The molecule has 0 radical (unpaired) electrons. The first-order chi connectivity index (χ1) is 12.2. The Bertz CT molecular complexity index is 1120. The van der Waals surface area contributed by atoms with Gasteiger partial charge in [-0.25, -0.2) is 8.42 Å². The third kappa shape index (κ3) is 3.40. The number of nitrogens with one attached hydrogen (secondary N) is 1. The lowest BCUT2D eigenvalue weighted by molar-refractivity contribution is 0.0956. The Labute approximate surface area is 155 Å². The first-order valence-electron chi connectivity index (χ1n) is 7.77. The van der Waals surface area contributed by atoms with E-state index in [2.05, 4.69) is 15.5 Å². The molecule has 0 aliphatic rings. The van der Waals surface area contributed by atoms with Gasteiger partial charge in [0.15, 0.2) is 9.84 Å². The number of fused-ring (bicyclic) bond motifs is 1. The highest BCUT2D eigenvalue weighted by Crippen LogP contribution is 2.34. The molecular formula is C17H18N4O3S2. The first kappa shape index (κ1) is 18.3. The summed E-state index contributed by atoms with van der Waals surface area (Å²) < 4.78 is 23.3. The standard InChI is InChI=1S/C17H18N4O3S2/c1-9-10(2)20-21-17-13(9)14(18)15(25-17)16(22)19-8-11-5-4-6-12(7-11)26(3,23)24/h4-7H,8,18H2,1-3H3,(H,19,22). The van der Waals surface area contributed by atoms with Crippen LogP contribution >= 0.6 is 11.3 Å². The van der Waals surface area contributed by atoms with Crippen LogP contribution in [0.2, 0.25) is 0 Å². The lowest BCUT2D eigenvalue weighted by Crippen LogP contribution is -2.22. The predicted molar refractivity (Wildman–Crippen MR) is 102 cm³/mol. The first-order valence-corrected chi connectivity index (χ1v) is 10.5. The lowest BCUT2D eigenvalue weighted by Gasteiger charge is -2.06. The van der Waals surface area contributed by atoms with E-state index in [4.69, 9.17) is 5.73 Å². The number of nitrogens with two attached hydrogens (primary N) is 1. The molecule has 3 aromatic rings. The lowest BCUT2D eigenvalue weighted by atomic mass is 10.1. The minimum Gasteiger partial charge on any atom is -0.397 e. The second-order valence-corrected chi connectivity index (χ2v) is 9.05. The van der Waals surface area contributed by atoms with Crippen LogP contribution < -0.4 is 11.1 Å². The molecule has 0 saturated carbocycles. The SMILES string of the molecule is Cc1nnc2sc(C(=O)NCc3cccc(S(C)(=O)=O)c3)c(N)c2c1C. The van der Waals surface area contributed by atoms with E-state index in [1.54, 1.807) is 18.2 Å². The number of hydrogen-bond acceptors (Lipinski definition) is 7. The van der Waals surface area contributed by atoms with Crippen molar-refractivity contribution in [2.24, 2.45) is 0 Å². The van der Waals surface area contributed by atoms with Crippen LogP contribution in [0.4, 0.5) is 5.69 Å². The van der Waals surface area contributed by atoms with Gasteiger partial charge in [-0.15, -0.1) is 16.4 Å². The summed E-state index contributed by atoms with van der Waals surface area (Å²) >= 11 is 1.19. The summed E-state index contributed by atoms with van der Waals surface area (Å²) in [4.78, 5) is 13.8. The molecule has 2 aromatic heterocycles. The van der Waals surface area contributed by atoms with Crippen LogP contribution in [0.25, 0.3) is 10.2 Å². The monoisotopic (exact) mass is 390 g/mol. The number of carbonyl (C=O) groups is 1. The fourth-order valence-electron chi connectivity index (χ4n) is 2.56. The number of nitrogens with zero attached hydrogens (tertiary/aromatic N) is 2. The molecule has 0 saturated heterocycles. The van der Waals surface area contributed by atoms with Gasteiger partial charge in [-0.05, 0) is 37.1 Å². The van der Waals surface area contributed by atoms with E-state index in [0.717, 1.165) is 22.9 Å². The molecule has 26 heavy (non-hydrogen) atoms. The van der Waals surface area contributed by atoms with E-state index in [-0.39, 0.29) is 17.3 Å². The van der Waals surface area contributed by atoms with Gasteiger partial charge in [-0.1, -0.05) is 12.1 Å². The molecule has 136 valence electrons. The number of thiophene rings is 1. The number of sulfone groups is 1. The van der Waals surface area contributed by atoms with E-state index in [1.165, 1.54) is 17.4 Å². The summed E-state index contributed by atoms with van der Waals surface area (Å²) in [5.41, 5.74) is 8.92. The maximum atomic E-state index is 12.5. The molecule has 9 heteroatoms. The molecule has 0 fully saturated rings. The number of benzene rings is 1. The van der Waals surface area contributed by atoms with Crippen LogP contribution in [-0.4, -0.2) is 30.8 Å². The summed E-state index contributed by atoms with van der Waals surface area (Å²) in [6, 6.07) is 6.47. The van der Waals surface area contributed by atoms with Crippen LogP contribution in [0.1, 0.15) is 26.5 Å². The summed E-state index contributed by atoms with van der Waals surface area (Å²) in [7, 11) is -3.29. The van der Waals surface area contributed by atoms with Crippen LogP contribution in [0.3, 0.4) is 0 Å². The average molecular weight is 390 g/mol. The number of aryl methyl sites for hydroxylation is 2. The van der Waals surface area contributed by atoms with Crippen molar-refractivity contribution in [2.45, 2.75) is 25.3 Å². The van der Waals surface area contributed by atoms with Gasteiger partial charge in [0.25, 0.3) is 5.91 Å². The molecule has 0 aliphatic carbocycles. The highest BCUT2D eigenvalue weighted by molar-refractivity contribution is 7.90. The minimum atomic E-state index is -3.29. The Morgan fingerprint density at radius 3 is 2.69 bits per heavy atom. The molecule has 0 bridgehead atoms. The smallest absolute Gasteiger partial charge is 0.263 e. The van der Waals surface area contributed by atoms with Crippen molar-refractivity contribution >= 4 is 43.0 Å². The van der Waals surface area contributed by atoms with Crippen LogP contribution in [0.5, 0.6) is 0 Å². The van der Waals surface area contributed by atoms with E-state index >= 15 is 0 Å². The molecule has 0 spiro atoms. The Hall–Kier alpha value is -2.52. The molecule has 1 amide bonds. The maximum absolute atomic E-state index is 12.5. The normalized spacial score (nSPS) is 11.7. The van der Waals surface area contributed by atoms with Gasteiger partial charge in [0.1, 0.15) is 9.71 Å². The Kier molecular flexibility index (Phi) is 4.68. The van der Waals surface area contributed by atoms with Gasteiger partial charge >= 0.3 is 0 Å². The number of carbonyl (C=O) groups excluding carboxylic acids is 1. The summed E-state index contributed by atoms with van der Waals surface area (Å²) in [5.74, 6) is -0.327. The highest BCUT2D eigenvalue weighted by atomic mass is 32.2. The van der Waals surface area contributed by atoms with Gasteiger partial charge in [0, 0.05) is 18.2 Å². The van der Waals surface area contributed by atoms with Crippen molar-refractivity contribution in [3.63, 3.8) is 0 Å². The van der Waals surface area contributed by atoms with Gasteiger partial charge < -0.3 is 11.1 Å². The van der Waals surface area contributed by atoms with Crippen molar-refractivity contribution in [3.05, 3.63) is 46.0 Å². The Morgan fingerprint density at radius 1 is 1.27 bits per heavy atom. The third-order valence-electron chi connectivity index (χ3n) is 4.12. The zero-order chi connectivity index (χ0) is 19.1. The number of nitrogen functional groups attached to an aromatic ring is 1. The van der Waals surface area contributed by atoms with Crippen molar-refractivity contribution in [3.8, 4) is 0 Å². The third-order valence-corrected chi connectivity index (χ3v) is 6.32. The summed E-state index contributed by atoms with van der Waals surface area (Å²) in [5, 5.41) is 11.7. The second kappa shape index (κ2) is 6.65. The van der Waals surface area contributed by atoms with Crippen molar-refractivity contribution < 1.29 is 13.2 Å². The van der Waals surface area contributed by atoms with Crippen LogP contribution in [0, 0.1) is 13.8 Å². The summed E-state index contributed by atoms with van der Waals surface area (Å²) in [6.07, 6.45) is 1.15. The molecule has 7 nitrogen and oxygen atoms in total. The van der Waals surface area contributed by atoms with E-state index < -0.39 is 9.84 Å². The number of anilines is 1. The second-order valence-electron chi connectivity index (χ2n) is 6.04. The van der Waals surface area contributed by atoms with Crippen molar-refractivity contribution in [1.82, 2.24) is 15.5 Å². The minimum absolute atomic E-state index is 0.194. The molecule has 2 heterocycles. The molecule has 0 aliphatic heterocycles. The van der Waals surface area contributed by atoms with Gasteiger partial charge in [-0.2, -0.15) is 5.10 Å². The Morgan fingerprint density at radius 2 is 2.00 bits per heavy atom. The number of rotatable bonds is 4. The van der Waals surface area contributed by atoms with Crippen LogP contribution in [0.15, 0.2) is 29.2 Å². The topological polar surface area (TPSA) is 115 Å². The van der Waals surface area contributed by atoms with Gasteiger partial charge in [0.05, 0.1) is 16.3 Å². The zero-order valence-electron chi connectivity index (χ0n) is 14.5. The van der Waals surface area contributed by atoms with Gasteiger partial charge in [-0.3, -0.25) is 4.79 Å². The number of aromatic nitrogens is 2. The summed E-state index contributed by atoms with van der Waals surface area (Å²) in [6.45, 7) is 3.93. The number of amides is 1. The Balaban J connectivity index is 1.85. The van der Waals surface area contributed by atoms with E-state index in [9.17, 15) is 13.2 Å².